The molecule has 1 amide bonds. The fraction of sp³-hybridized carbons (Fsp3) is 0.381. The summed E-state index contributed by atoms with van der Waals surface area (Å²) in [6.45, 7) is 4.68. The van der Waals surface area contributed by atoms with E-state index in [4.69, 9.17) is 4.74 Å². The Labute approximate surface area is 174 Å². The molecule has 0 saturated heterocycles. The molecule has 1 aliphatic heterocycles. The van der Waals surface area contributed by atoms with Crippen LogP contribution in [0.4, 0.5) is 0 Å². The quantitative estimate of drug-likeness (QED) is 0.668. The maximum atomic E-state index is 13.4. The molecule has 3 rings (SSSR count). The molecule has 0 unspecified atom stereocenters. The summed E-state index contributed by atoms with van der Waals surface area (Å²) < 4.78 is 5.33. The van der Waals surface area contributed by atoms with Crippen LogP contribution in [0.2, 0.25) is 0 Å². The predicted octanol–water partition coefficient (Wildman–Crippen LogP) is 1.49. The third-order valence-electron chi connectivity index (χ3n) is 4.92. The van der Waals surface area contributed by atoms with Gasteiger partial charge in [0.25, 0.3) is 5.91 Å². The van der Waals surface area contributed by atoms with E-state index in [-0.39, 0.29) is 11.4 Å². The van der Waals surface area contributed by atoms with Gasteiger partial charge in [-0.05, 0) is 31.5 Å². The second-order valence-electron chi connectivity index (χ2n) is 7.37. The SMILES string of the molecule is COc1cccc([C@H]2C(C(=O)c3sc(C)nc3C)=C(O)C(=O)N2CC[NH+](C)C)c1. The van der Waals surface area contributed by atoms with Crippen LogP contribution in [0.3, 0.4) is 0 Å². The van der Waals surface area contributed by atoms with Gasteiger partial charge in [0.2, 0.25) is 5.78 Å². The van der Waals surface area contributed by atoms with Crippen LogP contribution in [0.15, 0.2) is 35.6 Å². The van der Waals surface area contributed by atoms with E-state index in [1.54, 1.807) is 31.1 Å². The molecule has 1 atom stereocenters. The molecule has 2 heterocycles. The first-order valence-electron chi connectivity index (χ1n) is 9.40. The van der Waals surface area contributed by atoms with Crippen molar-refractivity contribution < 1.29 is 24.3 Å². The number of ketones is 1. The molecule has 2 N–H and O–H groups in total. The number of rotatable bonds is 7. The third-order valence-corrected chi connectivity index (χ3v) is 5.99. The molecule has 8 heteroatoms. The van der Waals surface area contributed by atoms with Gasteiger partial charge in [-0.25, -0.2) is 4.98 Å². The zero-order valence-corrected chi connectivity index (χ0v) is 18.1. The normalized spacial score (nSPS) is 16.8. The summed E-state index contributed by atoms with van der Waals surface area (Å²) in [5.74, 6) is -0.744. The molecule has 7 nitrogen and oxygen atoms in total. The minimum atomic E-state index is -0.675. The summed E-state index contributed by atoms with van der Waals surface area (Å²) in [6, 6.07) is 6.58. The Hall–Kier alpha value is -2.71. The summed E-state index contributed by atoms with van der Waals surface area (Å²) in [6.07, 6.45) is 0. The number of Topliss-reactive ketones (excluding diaryl/α,β-unsaturated/α-hetero) is 1. The molecular weight excluding hydrogens is 390 g/mol. The molecule has 0 spiro atoms. The number of aryl methyl sites for hydroxylation is 2. The van der Waals surface area contributed by atoms with Gasteiger partial charge >= 0.3 is 0 Å². The number of aromatic nitrogens is 1. The second kappa shape index (κ2) is 8.34. The molecule has 0 aliphatic carbocycles. The van der Waals surface area contributed by atoms with Crippen molar-refractivity contribution in [2.45, 2.75) is 19.9 Å². The minimum absolute atomic E-state index is 0.101. The number of thiazole rings is 1. The maximum absolute atomic E-state index is 13.4. The Morgan fingerprint density at radius 2 is 2.07 bits per heavy atom. The molecule has 1 aromatic carbocycles. The summed E-state index contributed by atoms with van der Waals surface area (Å²) in [5.41, 5.74) is 1.42. The van der Waals surface area contributed by atoms with E-state index < -0.39 is 17.7 Å². The van der Waals surface area contributed by atoms with Crippen LogP contribution >= 0.6 is 11.3 Å². The number of aliphatic hydroxyl groups excluding tert-OH is 1. The largest absolute Gasteiger partial charge is 0.503 e. The molecule has 29 heavy (non-hydrogen) atoms. The van der Waals surface area contributed by atoms with Crippen molar-refractivity contribution in [3.8, 4) is 5.75 Å². The molecule has 1 aromatic heterocycles. The number of nitrogens with one attached hydrogen (secondary N) is 1. The zero-order valence-electron chi connectivity index (χ0n) is 17.3. The number of methoxy groups -OCH3 is 1. The number of quaternary nitrogens is 1. The van der Waals surface area contributed by atoms with Gasteiger partial charge in [0.05, 0.1) is 61.5 Å². The number of hydrogen-bond acceptors (Lipinski definition) is 6. The Morgan fingerprint density at radius 1 is 1.34 bits per heavy atom. The summed E-state index contributed by atoms with van der Waals surface area (Å²) in [5, 5.41) is 11.5. The van der Waals surface area contributed by atoms with Gasteiger partial charge in [-0.15, -0.1) is 11.3 Å². The van der Waals surface area contributed by atoms with E-state index in [1.807, 2.05) is 33.2 Å². The highest BCUT2D eigenvalue weighted by molar-refractivity contribution is 7.14. The summed E-state index contributed by atoms with van der Waals surface area (Å²) >= 11 is 1.27. The Morgan fingerprint density at radius 3 is 2.66 bits per heavy atom. The van der Waals surface area contributed by atoms with Gasteiger partial charge in [0, 0.05) is 0 Å². The lowest BCUT2D eigenvalue weighted by atomic mass is 9.95. The first-order chi connectivity index (χ1) is 13.7. The third kappa shape index (κ3) is 4.04. The van der Waals surface area contributed by atoms with E-state index in [9.17, 15) is 14.7 Å². The van der Waals surface area contributed by atoms with Crippen LogP contribution in [-0.4, -0.2) is 61.0 Å². The number of amides is 1. The zero-order chi connectivity index (χ0) is 21.3. The average molecular weight is 417 g/mol. The molecule has 154 valence electrons. The smallest absolute Gasteiger partial charge is 0.290 e. The lowest BCUT2D eigenvalue weighted by Gasteiger charge is -2.27. The van der Waals surface area contributed by atoms with Gasteiger partial charge in [-0.1, -0.05) is 12.1 Å². The predicted molar refractivity (Wildman–Crippen MR) is 111 cm³/mol. The van der Waals surface area contributed by atoms with E-state index in [0.717, 1.165) is 15.5 Å². The highest BCUT2D eigenvalue weighted by atomic mass is 32.1. The minimum Gasteiger partial charge on any atom is -0.503 e. The number of benzene rings is 1. The van der Waals surface area contributed by atoms with Gasteiger partial charge in [0.15, 0.2) is 5.76 Å². The number of aliphatic hydroxyl groups is 1. The van der Waals surface area contributed by atoms with Crippen LogP contribution in [0.1, 0.15) is 32.0 Å². The Balaban J connectivity index is 2.10. The fourth-order valence-electron chi connectivity index (χ4n) is 3.48. The number of nitrogens with zero attached hydrogens (tertiary/aromatic N) is 2. The van der Waals surface area contributed by atoms with Crippen LogP contribution < -0.4 is 9.64 Å². The van der Waals surface area contributed by atoms with E-state index in [2.05, 4.69) is 4.98 Å². The van der Waals surface area contributed by atoms with Gasteiger partial charge in [-0.2, -0.15) is 0 Å². The van der Waals surface area contributed by atoms with Crippen LogP contribution in [0.25, 0.3) is 0 Å². The first-order valence-corrected chi connectivity index (χ1v) is 10.2. The van der Waals surface area contributed by atoms with Crippen LogP contribution in [0.5, 0.6) is 5.75 Å². The number of carbonyl (C=O) groups is 2. The Kier molecular flexibility index (Phi) is 6.04. The van der Waals surface area contributed by atoms with Crippen molar-refractivity contribution in [3.05, 3.63) is 56.7 Å². The average Bonchev–Trinajstić information content (AvgIpc) is 3.15. The number of carbonyl (C=O) groups excluding carboxylic acids is 2. The van der Waals surface area contributed by atoms with Crippen molar-refractivity contribution in [2.75, 3.05) is 34.3 Å². The highest BCUT2D eigenvalue weighted by Crippen LogP contribution is 2.40. The lowest BCUT2D eigenvalue weighted by Crippen LogP contribution is -3.06. The second-order valence-corrected chi connectivity index (χ2v) is 8.58. The van der Waals surface area contributed by atoms with E-state index in [0.29, 0.717) is 29.4 Å². The number of hydrogen-bond donors (Lipinski definition) is 2. The van der Waals surface area contributed by atoms with Crippen molar-refractivity contribution in [2.24, 2.45) is 0 Å². The maximum Gasteiger partial charge on any atom is 0.290 e. The standard InChI is InChI=1S/C21H25N3O4S/c1-12-20(29-13(2)22-12)18(25)16-17(14-7-6-8-15(11-14)28-5)24(10-9-23(3)4)21(27)19(16)26/h6-8,11,17,26H,9-10H2,1-5H3/p+1/t17-/m0/s1. The van der Waals surface area contributed by atoms with Crippen LogP contribution in [-0.2, 0) is 4.79 Å². The van der Waals surface area contributed by atoms with Crippen molar-refractivity contribution in [3.63, 3.8) is 0 Å². The topological polar surface area (TPSA) is 84.2 Å². The molecule has 0 saturated carbocycles. The monoisotopic (exact) mass is 416 g/mol. The Bertz CT molecular complexity index is 980. The molecule has 2 aromatic rings. The van der Waals surface area contributed by atoms with Gasteiger partial charge < -0.3 is 19.6 Å². The van der Waals surface area contributed by atoms with Crippen molar-refractivity contribution in [1.82, 2.24) is 9.88 Å². The number of likely N-dealkylation sites (N-methyl/N-ethyl adjacent to an activating group) is 1. The fourth-order valence-corrected chi connectivity index (χ4v) is 4.36. The molecule has 0 radical (unpaired) electrons. The molecule has 1 aliphatic rings. The van der Waals surface area contributed by atoms with Crippen LogP contribution in [0, 0.1) is 13.8 Å². The number of ether oxygens (including phenoxy) is 1. The highest BCUT2D eigenvalue weighted by Gasteiger charge is 2.44. The van der Waals surface area contributed by atoms with Crippen molar-refractivity contribution >= 4 is 23.0 Å². The van der Waals surface area contributed by atoms with E-state index in [1.165, 1.54) is 11.3 Å². The summed E-state index contributed by atoms with van der Waals surface area (Å²) in [7, 11) is 5.54. The summed E-state index contributed by atoms with van der Waals surface area (Å²) in [4.78, 5) is 33.8. The van der Waals surface area contributed by atoms with Gasteiger partial charge in [-0.3, -0.25) is 9.59 Å². The lowest BCUT2D eigenvalue weighted by molar-refractivity contribution is -0.857. The molecular formula is C21H26N3O4S+. The van der Waals surface area contributed by atoms with Gasteiger partial charge in [0.1, 0.15) is 5.75 Å². The first kappa shape index (κ1) is 21.0. The molecule has 0 fully saturated rings. The van der Waals surface area contributed by atoms with E-state index >= 15 is 0 Å². The molecule has 0 bridgehead atoms. The van der Waals surface area contributed by atoms with Crippen molar-refractivity contribution in [1.29, 1.82) is 0 Å².